The molecule has 1 aromatic heterocycles. The fourth-order valence-corrected chi connectivity index (χ4v) is 1.54. The first-order valence-electron chi connectivity index (χ1n) is 4.55. The maximum atomic E-state index is 13.5. The lowest BCUT2D eigenvalue weighted by Crippen LogP contribution is -1.93. The summed E-state index contributed by atoms with van der Waals surface area (Å²) in [5, 5.41) is 12.8. The zero-order chi connectivity index (χ0) is 11.7. The maximum absolute atomic E-state index is 13.5. The van der Waals surface area contributed by atoms with Gasteiger partial charge in [0.1, 0.15) is 11.9 Å². The summed E-state index contributed by atoms with van der Waals surface area (Å²) in [6.45, 7) is 1.51. The van der Waals surface area contributed by atoms with E-state index in [1.807, 2.05) is 0 Å². The van der Waals surface area contributed by atoms with Gasteiger partial charge in [0.05, 0.1) is 5.56 Å². The van der Waals surface area contributed by atoms with Gasteiger partial charge < -0.3 is 9.63 Å². The van der Waals surface area contributed by atoms with Crippen molar-refractivity contribution in [2.75, 3.05) is 0 Å². The smallest absolute Gasteiger partial charge is 0.261 e. The summed E-state index contributed by atoms with van der Waals surface area (Å²) in [6.07, 6.45) is -0.840. The van der Waals surface area contributed by atoms with Crippen molar-refractivity contribution < 1.29 is 14.0 Å². The largest absolute Gasteiger partial charge is 0.385 e. The first kappa shape index (κ1) is 11.2. The molecule has 1 heterocycles. The number of aliphatic hydroxyl groups is 1. The number of nitrogens with zero attached hydrogens (tertiary/aromatic N) is 2. The fourth-order valence-electron chi connectivity index (χ4n) is 1.18. The minimum absolute atomic E-state index is 0.0506. The van der Waals surface area contributed by atoms with Crippen LogP contribution in [0.25, 0.3) is 11.5 Å². The molecule has 0 fully saturated rings. The minimum atomic E-state index is -0.840. The normalized spacial score (nSPS) is 12.8. The molecule has 0 aliphatic rings. The molecule has 0 radical (unpaired) electrons. The zero-order valence-corrected chi connectivity index (χ0v) is 9.90. The Labute approximate surface area is 99.2 Å². The van der Waals surface area contributed by atoms with Crippen molar-refractivity contribution in [1.82, 2.24) is 10.1 Å². The van der Waals surface area contributed by atoms with Crippen LogP contribution in [0.3, 0.4) is 0 Å². The molecule has 1 N–H and O–H groups in total. The number of aliphatic hydroxyl groups excluding tert-OH is 1. The van der Waals surface area contributed by atoms with Gasteiger partial charge >= 0.3 is 0 Å². The Balaban J connectivity index is 2.46. The van der Waals surface area contributed by atoms with E-state index in [2.05, 4.69) is 26.1 Å². The minimum Gasteiger partial charge on any atom is -0.385 e. The van der Waals surface area contributed by atoms with Gasteiger partial charge in [0, 0.05) is 4.47 Å². The van der Waals surface area contributed by atoms with Gasteiger partial charge in [-0.2, -0.15) is 4.98 Å². The van der Waals surface area contributed by atoms with E-state index in [4.69, 9.17) is 4.52 Å². The first-order valence-corrected chi connectivity index (χ1v) is 5.34. The Kier molecular flexibility index (Phi) is 3.02. The molecule has 84 valence electrons. The van der Waals surface area contributed by atoms with Crippen LogP contribution in [0, 0.1) is 5.82 Å². The third kappa shape index (κ3) is 2.12. The van der Waals surface area contributed by atoms with Crippen molar-refractivity contribution in [3.63, 3.8) is 0 Å². The number of rotatable bonds is 2. The van der Waals surface area contributed by atoms with Crippen LogP contribution in [0.1, 0.15) is 18.9 Å². The van der Waals surface area contributed by atoms with Crippen LogP contribution in [0.15, 0.2) is 27.2 Å². The number of hydrogen-bond acceptors (Lipinski definition) is 4. The summed E-state index contributed by atoms with van der Waals surface area (Å²) in [4.78, 5) is 3.89. The van der Waals surface area contributed by atoms with Crippen LogP contribution < -0.4 is 0 Å². The van der Waals surface area contributed by atoms with Crippen molar-refractivity contribution in [2.45, 2.75) is 13.0 Å². The molecule has 1 atom stereocenters. The maximum Gasteiger partial charge on any atom is 0.261 e. The number of hydrogen-bond donors (Lipinski definition) is 1. The first-order chi connectivity index (χ1) is 7.58. The highest BCUT2D eigenvalue weighted by Crippen LogP contribution is 2.25. The summed E-state index contributed by atoms with van der Waals surface area (Å²) in [5.74, 6) is -0.270. The van der Waals surface area contributed by atoms with Gasteiger partial charge in [-0.1, -0.05) is 21.1 Å². The van der Waals surface area contributed by atoms with Gasteiger partial charge in [0.15, 0.2) is 5.82 Å². The molecule has 2 aromatic rings. The predicted molar refractivity (Wildman–Crippen MR) is 58.0 cm³/mol. The molecule has 16 heavy (non-hydrogen) atoms. The Hall–Kier alpha value is -1.27. The summed E-state index contributed by atoms with van der Waals surface area (Å²) >= 11 is 3.22. The topological polar surface area (TPSA) is 59.2 Å². The molecule has 0 amide bonds. The Morgan fingerprint density at radius 1 is 1.50 bits per heavy atom. The lowest BCUT2D eigenvalue weighted by atomic mass is 10.2. The van der Waals surface area contributed by atoms with Crippen molar-refractivity contribution in [3.8, 4) is 11.5 Å². The van der Waals surface area contributed by atoms with Crippen LogP contribution in [0.4, 0.5) is 4.39 Å². The summed E-state index contributed by atoms with van der Waals surface area (Å²) in [7, 11) is 0. The van der Waals surface area contributed by atoms with Crippen LogP contribution in [0.5, 0.6) is 0 Å². The Morgan fingerprint density at radius 2 is 2.25 bits per heavy atom. The zero-order valence-electron chi connectivity index (χ0n) is 8.32. The van der Waals surface area contributed by atoms with E-state index in [1.54, 1.807) is 6.07 Å². The molecule has 0 saturated heterocycles. The van der Waals surface area contributed by atoms with Crippen molar-refractivity contribution in [2.24, 2.45) is 0 Å². The molecule has 0 aliphatic carbocycles. The van der Waals surface area contributed by atoms with E-state index in [9.17, 15) is 9.50 Å². The SMILES string of the molecule is CC(O)c1noc(-c2cc(Br)ccc2F)n1. The van der Waals surface area contributed by atoms with E-state index in [0.717, 1.165) is 0 Å². The highest BCUT2D eigenvalue weighted by atomic mass is 79.9. The fraction of sp³-hybridized carbons (Fsp3) is 0.200. The van der Waals surface area contributed by atoms with E-state index in [1.165, 1.54) is 19.1 Å². The Bertz CT molecular complexity index is 513. The van der Waals surface area contributed by atoms with Gasteiger partial charge in [-0.05, 0) is 25.1 Å². The number of benzene rings is 1. The lowest BCUT2D eigenvalue weighted by molar-refractivity contribution is 0.184. The van der Waals surface area contributed by atoms with E-state index in [0.29, 0.717) is 4.47 Å². The lowest BCUT2D eigenvalue weighted by Gasteiger charge is -1.97. The van der Waals surface area contributed by atoms with Crippen molar-refractivity contribution in [1.29, 1.82) is 0 Å². The average Bonchev–Trinajstić information content (AvgIpc) is 2.70. The van der Waals surface area contributed by atoms with Crippen LogP contribution in [0.2, 0.25) is 0 Å². The molecule has 6 heteroatoms. The molecule has 2 rings (SSSR count). The third-order valence-electron chi connectivity index (χ3n) is 1.97. The molecule has 0 aliphatic heterocycles. The van der Waals surface area contributed by atoms with E-state index in [-0.39, 0.29) is 17.3 Å². The third-order valence-corrected chi connectivity index (χ3v) is 2.47. The van der Waals surface area contributed by atoms with Gasteiger partial charge in [-0.25, -0.2) is 4.39 Å². The van der Waals surface area contributed by atoms with Crippen LogP contribution >= 0.6 is 15.9 Å². The molecule has 0 saturated carbocycles. The number of halogens is 2. The van der Waals surface area contributed by atoms with Crippen molar-refractivity contribution >= 4 is 15.9 Å². The van der Waals surface area contributed by atoms with E-state index < -0.39 is 11.9 Å². The molecular weight excluding hydrogens is 279 g/mol. The monoisotopic (exact) mass is 286 g/mol. The van der Waals surface area contributed by atoms with Crippen molar-refractivity contribution in [3.05, 3.63) is 34.3 Å². The highest BCUT2D eigenvalue weighted by Gasteiger charge is 2.15. The summed E-state index contributed by atoms with van der Waals surface area (Å²) in [5.41, 5.74) is 0.203. The van der Waals surface area contributed by atoms with Gasteiger partial charge in [-0.3, -0.25) is 0 Å². The number of aromatic nitrogens is 2. The molecule has 4 nitrogen and oxygen atoms in total. The standard InChI is InChI=1S/C10H8BrFN2O2/c1-5(15)9-13-10(16-14-9)7-4-6(11)2-3-8(7)12/h2-5,15H,1H3. The highest BCUT2D eigenvalue weighted by molar-refractivity contribution is 9.10. The van der Waals surface area contributed by atoms with Gasteiger partial charge in [0.2, 0.25) is 0 Å². The molecular formula is C10H8BrFN2O2. The van der Waals surface area contributed by atoms with Gasteiger partial charge in [-0.15, -0.1) is 0 Å². The molecule has 0 spiro atoms. The summed E-state index contributed by atoms with van der Waals surface area (Å²) < 4.78 is 19.0. The molecule has 0 bridgehead atoms. The van der Waals surface area contributed by atoms with E-state index >= 15 is 0 Å². The van der Waals surface area contributed by atoms with Crippen LogP contribution in [-0.2, 0) is 0 Å². The second-order valence-electron chi connectivity index (χ2n) is 3.26. The molecule has 1 aromatic carbocycles. The average molecular weight is 287 g/mol. The second kappa shape index (κ2) is 4.31. The van der Waals surface area contributed by atoms with Gasteiger partial charge in [0.25, 0.3) is 5.89 Å². The predicted octanol–water partition coefficient (Wildman–Crippen LogP) is 2.69. The quantitative estimate of drug-likeness (QED) is 0.922. The van der Waals surface area contributed by atoms with Crippen LogP contribution in [-0.4, -0.2) is 15.2 Å². The summed E-state index contributed by atoms with van der Waals surface area (Å²) in [6, 6.07) is 4.41. The Morgan fingerprint density at radius 3 is 2.88 bits per heavy atom. The second-order valence-corrected chi connectivity index (χ2v) is 4.17. The molecule has 1 unspecified atom stereocenters.